The highest BCUT2D eigenvalue weighted by Crippen LogP contribution is 2.31. The highest BCUT2D eigenvalue weighted by atomic mass is 16.6. The summed E-state index contributed by atoms with van der Waals surface area (Å²) in [6, 6.07) is 15.9. The van der Waals surface area contributed by atoms with E-state index in [0.717, 1.165) is 17.9 Å². The molecule has 2 heterocycles. The van der Waals surface area contributed by atoms with Gasteiger partial charge in [0.2, 0.25) is 0 Å². The third-order valence-corrected chi connectivity index (χ3v) is 5.72. The lowest BCUT2D eigenvalue weighted by Crippen LogP contribution is -2.48. The fourth-order valence-electron chi connectivity index (χ4n) is 3.88. The molecule has 1 fully saturated rings. The van der Waals surface area contributed by atoms with Crippen LogP contribution in [-0.4, -0.2) is 48.5 Å². The van der Waals surface area contributed by atoms with Crippen LogP contribution in [-0.2, 0) is 6.54 Å². The minimum atomic E-state index is -0.399. The quantitative estimate of drug-likeness (QED) is 0.366. The topological polar surface area (TPSA) is 101 Å². The summed E-state index contributed by atoms with van der Waals surface area (Å²) in [4.78, 5) is 28.0. The molecular formula is C25H28N4O5. The Morgan fingerprint density at radius 2 is 1.88 bits per heavy atom. The normalized spacial score (nSPS) is 13.6. The van der Waals surface area contributed by atoms with Crippen molar-refractivity contribution in [3.05, 3.63) is 82.3 Å². The van der Waals surface area contributed by atoms with Crippen LogP contribution in [0.3, 0.4) is 0 Å². The molecule has 178 valence electrons. The minimum absolute atomic E-state index is 0.00815. The predicted molar refractivity (Wildman–Crippen MR) is 129 cm³/mol. The van der Waals surface area contributed by atoms with E-state index in [0.29, 0.717) is 56.3 Å². The van der Waals surface area contributed by atoms with Crippen molar-refractivity contribution >= 4 is 23.0 Å². The zero-order chi connectivity index (χ0) is 23.9. The average Bonchev–Trinajstić information content (AvgIpc) is 3.40. The third kappa shape index (κ3) is 5.48. The molecular weight excluding hydrogens is 436 g/mol. The summed E-state index contributed by atoms with van der Waals surface area (Å²) in [6.07, 6.45) is 2.50. The molecule has 1 N–H and O–H groups in total. The van der Waals surface area contributed by atoms with E-state index in [9.17, 15) is 14.9 Å². The maximum absolute atomic E-state index is 12.9. The molecule has 1 aliphatic heterocycles. The molecule has 0 unspecified atom stereocenters. The SMILES string of the molecule is CCCOc1ccc(C(=O)N2CCN(c3ccc([N+](=O)[O-])c(NCc4ccco4)c3)CC2)cc1. The predicted octanol–water partition coefficient (Wildman–Crippen LogP) is 4.55. The van der Waals surface area contributed by atoms with Crippen LogP contribution >= 0.6 is 0 Å². The lowest BCUT2D eigenvalue weighted by atomic mass is 10.1. The number of furan rings is 1. The maximum Gasteiger partial charge on any atom is 0.292 e. The van der Waals surface area contributed by atoms with Gasteiger partial charge in [-0.3, -0.25) is 14.9 Å². The summed E-state index contributed by atoms with van der Waals surface area (Å²) in [7, 11) is 0. The molecule has 1 amide bonds. The third-order valence-electron chi connectivity index (χ3n) is 5.72. The zero-order valence-corrected chi connectivity index (χ0v) is 19.1. The van der Waals surface area contributed by atoms with Gasteiger partial charge in [-0.05, 0) is 55.0 Å². The number of carbonyl (C=O) groups excluding carboxylic acids is 1. The van der Waals surface area contributed by atoms with Gasteiger partial charge >= 0.3 is 0 Å². The van der Waals surface area contributed by atoms with Crippen molar-refractivity contribution in [2.24, 2.45) is 0 Å². The summed E-state index contributed by atoms with van der Waals surface area (Å²) in [6.45, 7) is 5.46. The highest BCUT2D eigenvalue weighted by Gasteiger charge is 2.24. The van der Waals surface area contributed by atoms with E-state index in [-0.39, 0.29) is 11.6 Å². The number of ether oxygens (including phenoxy) is 1. The molecule has 4 rings (SSSR count). The smallest absolute Gasteiger partial charge is 0.292 e. The zero-order valence-electron chi connectivity index (χ0n) is 19.1. The van der Waals surface area contributed by atoms with Gasteiger partial charge in [0, 0.05) is 43.5 Å². The molecule has 34 heavy (non-hydrogen) atoms. The maximum atomic E-state index is 12.9. The van der Waals surface area contributed by atoms with E-state index >= 15 is 0 Å². The van der Waals surface area contributed by atoms with Crippen LogP contribution in [0.1, 0.15) is 29.5 Å². The minimum Gasteiger partial charge on any atom is -0.494 e. The first kappa shape index (κ1) is 23.2. The Morgan fingerprint density at radius 1 is 1.12 bits per heavy atom. The first-order valence-corrected chi connectivity index (χ1v) is 11.4. The lowest BCUT2D eigenvalue weighted by Gasteiger charge is -2.36. The van der Waals surface area contributed by atoms with Crippen molar-refractivity contribution in [2.75, 3.05) is 43.0 Å². The van der Waals surface area contributed by atoms with Crippen LogP contribution in [0.15, 0.2) is 65.3 Å². The van der Waals surface area contributed by atoms with Gasteiger partial charge in [0.05, 0.1) is 24.3 Å². The van der Waals surface area contributed by atoms with Crippen LogP contribution in [0, 0.1) is 10.1 Å². The van der Waals surface area contributed by atoms with E-state index in [1.165, 1.54) is 6.07 Å². The number of nitro benzene ring substituents is 1. The Labute approximate surface area is 198 Å². The molecule has 0 spiro atoms. The fraction of sp³-hybridized carbons (Fsp3) is 0.320. The van der Waals surface area contributed by atoms with E-state index in [1.807, 2.05) is 30.0 Å². The molecule has 0 aliphatic carbocycles. The molecule has 0 bridgehead atoms. The number of nitrogens with one attached hydrogen (secondary N) is 1. The first-order valence-electron chi connectivity index (χ1n) is 11.4. The number of benzene rings is 2. The van der Waals surface area contributed by atoms with E-state index in [1.54, 1.807) is 36.6 Å². The van der Waals surface area contributed by atoms with Crippen LogP contribution in [0.2, 0.25) is 0 Å². The Morgan fingerprint density at radius 3 is 2.53 bits per heavy atom. The second kappa shape index (κ2) is 10.7. The molecule has 1 saturated heterocycles. The second-order valence-corrected chi connectivity index (χ2v) is 8.04. The van der Waals surface area contributed by atoms with Gasteiger partial charge in [0.15, 0.2) is 0 Å². The van der Waals surface area contributed by atoms with Crippen molar-refractivity contribution in [1.82, 2.24) is 4.90 Å². The van der Waals surface area contributed by atoms with Crippen molar-refractivity contribution in [1.29, 1.82) is 0 Å². The van der Waals surface area contributed by atoms with Crippen molar-refractivity contribution in [3.8, 4) is 5.75 Å². The summed E-state index contributed by atoms with van der Waals surface area (Å²) in [5.74, 6) is 1.45. The van der Waals surface area contributed by atoms with Gasteiger partial charge in [-0.25, -0.2) is 0 Å². The van der Waals surface area contributed by atoms with Gasteiger partial charge in [-0.15, -0.1) is 0 Å². The lowest BCUT2D eigenvalue weighted by molar-refractivity contribution is -0.384. The average molecular weight is 465 g/mol. The summed E-state index contributed by atoms with van der Waals surface area (Å²) in [5.41, 5.74) is 1.95. The summed E-state index contributed by atoms with van der Waals surface area (Å²) in [5, 5.41) is 14.6. The summed E-state index contributed by atoms with van der Waals surface area (Å²) < 4.78 is 10.9. The number of hydrogen-bond acceptors (Lipinski definition) is 7. The van der Waals surface area contributed by atoms with Crippen LogP contribution in [0.25, 0.3) is 0 Å². The Kier molecular flexibility index (Phi) is 7.31. The van der Waals surface area contributed by atoms with Crippen molar-refractivity contribution < 1.29 is 18.9 Å². The molecule has 0 saturated carbocycles. The number of amides is 1. The van der Waals surface area contributed by atoms with E-state index in [4.69, 9.17) is 9.15 Å². The number of nitrogens with zero attached hydrogens (tertiary/aromatic N) is 3. The van der Waals surface area contributed by atoms with Gasteiger partial charge in [0.25, 0.3) is 11.6 Å². The van der Waals surface area contributed by atoms with Crippen molar-refractivity contribution in [2.45, 2.75) is 19.9 Å². The molecule has 2 aromatic carbocycles. The standard InChI is InChI=1S/C25H28N4O5/c1-2-15-33-21-8-5-19(6-9-21)25(30)28-13-11-27(12-14-28)20-7-10-24(29(31)32)23(17-20)26-18-22-4-3-16-34-22/h3-10,16-17,26H,2,11-15,18H2,1H3. The molecule has 1 aromatic heterocycles. The van der Waals surface area contributed by atoms with Crippen LogP contribution in [0.5, 0.6) is 5.75 Å². The highest BCUT2D eigenvalue weighted by molar-refractivity contribution is 5.94. The van der Waals surface area contributed by atoms with Gasteiger partial charge in [0.1, 0.15) is 17.2 Å². The number of piperazine rings is 1. The number of carbonyl (C=O) groups is 1. The molecule has 3 aromatic rings. The van der Waals surface area contributed by atoms with Crippen LogP contribution in [0.4, 0.5) is 17.1 Å². The summed E-state index contributed by atoms with van der Waals surface area (Å²) >= 11 is 0. The Bertz CT molecular complexity index is 1110. The number of nitro groups is 1. The first-order chi connectivity index (χ1) is 16.5. The largest absolute Gasteiger partial charge is 0.494 e. The molecule has 1 aliphatic rings. The molecule has 0 atom stereocenters. The number of hydrogen-bond donors (Lipinski definition) is 1. The molecule has 9 nitrogen and oxygen atoms in total. The van der Waals surface area contributed by atoms with E-state index < -0.39 is 4.92 Å². The Hall–Kier alpha value is -4.01. The Balaban J connectivity index is 1.38. The van der Waals surface area contributed by atoms with Crippen molar-refractivity contribution in [3.63, 3.8) is 0 Å². The number of rotatable bonds is 9. The monoisotopic (exact) mass is 464 g/mol. The fourth-order valence-corrected chi connectivity index (χ4v) is 3.88. The second-order valence-electron chi connectivity index (χ2n) is 8.04. The van der Waals surface area contributed by atoms with Gasteiger partial charge in [-0.2, -0.15) is 0 Å². The number of anilines is 2. The van der Waals surface area contributed by atoms with Crippen LogP contribution < -0.4 is 15.0 Å². The van der Waals surface area contributed by atoms with E-state index in [2.05, 4.69) is 10.2 Å². The molecule has 9 heteroatoms. The van der Waals surface area contributed by atoms with Gasteiger partial charge < -0.3 is 24.3 Å². The van der Waals surface area contributed by atoms with Gasteiger partial charge in [-0.1, -0.05) is 6.92 Å². The molecule has 0 radical (unpaired) electrons.